The predicted molar refractivity (Wildman–Crippen MR) is 59.4 cm³/mol. The van der Waals surface area contributed by atoms with Crippen LogP contribution in [0.4, 0.5) is 0 Å². The Labute approximate surface area is 85.7 Å². The maximum Gasteiger partial charge on any atom is 0.0236 e. The molecule has 1 aromatic carbocycles. The molecule has 0 saturated carbocycles. The third kappa shape index (κ3) is 1.97. The maximum atomic E-state index is 3.53. The van der Waals surface area contributed by atoms with E-state index < -0.39 is 0 Å². The van der Waals surface area contributed by atoms with Gasteiger partial charge in [-0.2, -0.15) is 0 Å². The van der Waals surface area contributed by atoms with Crippen molar-refractivity contribution < 1.29 is 0 Å². The minimum Gasteiger partial charge on any atom is -0.318 e. The molecule has 0 amide bonds. The van der Waals surface area contributed by atoms with E-state index in [4.69, 9.17) is 0 Å². The number of hydrogen-bond donors (Lipinski definition) is 2. The van der Waals surface area contributed by atoms with Crippen molar-refractivity contribution in [1.82, 2.24) is 10.6 Å². The Bertz CT molecular complexity index is 320. The molecule has 2 N–H and O–H groups in total. The molecule has 0 fully saturated rings. The lowest BCUT2D eigenvalue weighted by atomic mass is 9.94. The molecule has 1 heterocycles. The van der Waals surface area contributed by atoms with Crippen LogP contribution < -0.4 is 10.6 Å². The second-order valence-corrected chi connectivity index (χ2v) is 4.11. The van der Waals surface area contributed by atoms with Gasteiger partial charge in [-0.25, -0.2) is 0 Å². The molecule has 1 unspecified atom stereocenters. The van der Waals surface area contributed by atoms with E-state index in [0.717, 1.165) is 19.5 Å². The van der Waals surface area contributed by atoms with Gasteiger partial charge >= 0.3 is 0 Å². The number of likely N-dealkylation sites (N-methyl/N-ethyl adjacent to an activating group) is 1. The molecule has 0 radical (unpaired) electrons. The van der Waals surface area contributed by atoms with Crippen LogP contribution >= 0.6 is 0 Å². The van der Waals surface area contributed by atoms with E-state index in [2.05, 4.69) is 35.8 Å². The smallest absolute Gasteiger partial charge is 0.0236 e. The summed E-state index contributed by atoms with van der Waals surface area (Å²) >= 11 is 0. The molecule has 1 atom stereocenters. The summed E-state index contributed by atoms with van der Waals surface area (Å²) in [6.07, 6.45) is 1.15. The number of hydrogen-bond acceptors (Lipinski definition) is 2. The Hall–Kier alpha value is -0.860. The van der Waals surface area contributed by atoms with Crippen LogP contribution in [0.3, 0.4) is 0 Å². The second-order valence-electron chi connectivity index (χ2n) is 4.11. The lowest BCUT2D eigenvalue weighted by molar-refractivity contribution is 0.462. The van der Waals surface area contributed by atoms with Gasteiger partial charge in [-0.1, -0.05) is 23.8 Å². The standard InChI is InChI=1S/C12H18N2/c1-9-3-4-10-7-14-12(8-13-2)6-11(10)5-9/h3-5,12-14H,6-8H2,1-2H3. The van der Waals surface area contributed by atoms with Crippen LogP contribution in [0.1, 0.15) is 16.7 Å². The summed E-state index contributed by atoms with van der Waals surface area (Å²) in [5.41, 5.74) is 4.35. The number of fused-ring (bicyclic) bond motifs is 1. The first-order valence-corrected chi connectivity index (χ1v) is 5.26. The van der Waals surface area contributed by atoms with Crippen LogP contribution in [0.2, 0.25) is 0 Å². The van der Waals surface area contributed by atoms with Crippen LogP contribution in [0, 0.1) is 6.92 Å². The van der Waals surface area contributed by atoms with Gasteiger partial charge in [-0.15, -0.1) is 0 Å². The molecular formula is C12H18N2. The molecule has 2 heteroatoms. The minimum absolute atomic E-state index is 0.592. The molecule has 0 aliphatic carbocycles. The van der Waals surface area contributed by atoms with E-state index in [1.54, 1.807) is 0 Å². The normalized spacial score (nSPS) is 20.6. The first-order valence-electron chi connectivity index (χ1n) is 5.26. The minimum atomic E-state index is 0.592. The van der Waals surface area contributed by atoms with Crippen molar-refractivity contribution in [3.63, 3.8) is 0 Å². The van der Waals surface area contributed by atoms with Gasteiger partial charge in [0.05, 0.1) is 0 Å². The molecule has 14 heavy (non-hydrogen) atoms. The molecule has 1 aliphatic rings. The first-order chi connectivity index (χ1) is 6.79. The zero-order valence-electron chi connectivity index (χ0n) is 8.93. The summed E-state index contributed by atoms with van der Waals surface area (Å²) in [5.74, 6) is 0. The van der Waals surface area contributed by atoms with Crippen molar-refractivity contribution in [3.05, 3.63) is 34.9 Å². The molecular weight excluding hydrogens is 172 g/mol. The Morgan fingerprint density at radius 1 is 1.43 bits per heavy atom. The van der Waals surface area contributed by atoms with Crippen molar-refractivity contribution in [2.24, 2.45) is 0 Å². The number of aryl methyl sites for hydroxylation is 1. The lowest BCUT2D eigenvalue weighted by Gasteiger charge is -2.26. The van der Waals surface area contributed by atoms with Crippen LogP contribution in [0.25, 0.3) is 0 Å². The molecule has 0 aromatic heterocycles. The van der Waals surface area contributed by atoms with E-state index in [1.807, 2.05) is 7.05 Å². The highest BCUT2D eigenvalue weighted by Crippen LogP contribution is 2.17. The highest BCUT2D eigenvalue weighted by Gasteiger charge is 2.16. The van der Waals surface area contributed by atoms with E-state index in [0.29, 0.717) is 6.04 Å². The van der Waals surface area contributed by atoms with Gasteiger partial charge in [0, 0.05) is 19.1 Å². The highest BCUT2D eigenvalue weighted by molar-refractivity contribution is 5.33. The fourth-order valence-electron chi connectivity index (χ4n) is 2.10. The van der Waals surface area contributed by atoms with Gasteiger partial charge in [0.2, 0.25) is 0 Å². The number of benzene rings is 1. The van der Waals surface area contributed by atoms with E-state index >= 15 is 0 Å². The molecule has 0 spiro atoms. The fourth-order valence-corrected chi connectivity index (χ4v) is 2.10. The topological polar surface area (TPSA) is 24.1 Å². The van der Waals surface area contributed by atoms with Crippen molar-refractivity contribution in [2.45, 2.75) is 25.9 Å². The van der Waals surface area contributed by atoms with Gasteiger partial charge in [-0.05, 0) is 31.5 Å². The van der Waals surface area contributed by atoms with Gasteiger partial charge in [0.1, 0.15) is 0 Å². The Morgan fingerprint density at radius 3 is 3.07 bits per heavy atom. The molecule has 2 nitrogen and oxygen atoms in total. The van der Waals surface area contributed by atoms with E-state index in [-0.39, 0.29) is 0 Å². The molecule has 1 aliphatic heterocycles. The van der Waals surface area contributed by atoms with Crippen molar-refractivity contribution in [1.29, 1.82) is 0 Å². The van der Waals surface area contributed by atoms with Gasteiger partial charge in [-0.3, -0.25) is 0 Å². The van der Waals surface area contributed by atoms with Crippen molar-refractivity contribution >= 4 is 0 Å². The third-order valence-electron chi connectivity index (χ3n) is 2.86. The SMILES string of the molecule is CNCC1Cc2cc(C)ccc2CN1. The number of rotatable bonds is 2. The largest absolute Gasteiger partial charge is 0.318 e. The molecule has 0 bridgehead atoms. The predicted octanol–water partition coefficient (Wildman–Crippen LogP) is 1.23. The fraction of sp³-hybridized carbons (Fsp3) is 0.500. The third-order valence-corrected chi connectivity index (χ3v) is 2.86. The van der Waals surface area contributed by atoms with Crippen molar-refractivity contribution in [2.75, 3.05) is 13.6 Å². The van der Waals surface area contributed by atoms with E-state index in [1.165, 1.54) is 16.7 Å². The van der Waals surface area contributed by atoms with Gasteiger partial charge < -0.3 is 10.6 Å². The zero-order valence-corrected chi connectivity index (χ0v) is 8.93. The zero-order chi connectivity index (χ0) is 9.97. The summed E-state index contributed by atoms with van der Waals surface area (Å²) < 4.78 is 0. The monoisotopic (exact) mass is 190 g/mol. The lowest BCUT2D eigenvalue weighted by Crippen LogP contribution is -2.42. The Kier molecular flexibility index (Phi) is 2.85. The van der Waals surface area contributed by atoms with Crippen LogP contribution in [-0.2, 0) is 13.0 Å². The first kappa shape index (κ1) is 9.69. The van der Waals surface area contributed by atoms with Crippen LogP contribution in [0.15, 0.2) is 18.2 Å². The second kappa shape index (κ2) is 4.11. The van der Waals surface area contributed by atoms with Crippen molar-refractivity contribution in [3.8, 4) is 0 Å². The molecule has 76 valence electrons. The van der Waals surface area contributed by atoms with Crippen LogP contribution in [-0.4, -0.2) is 19.6 Å². The Balaban J connectivity index is 2.16. The summed E-state index contributed by atoms with van der Waals surface area (Å²) in [6.45, 7) is 4.23. The average molecular weight is 190 g/mol. The summed E-state index contributed by atoms with van der Waals surface area (Å²) in [5, 5.41) is 6.75. The Morgan fingerprint density at radius 2 is 2.29 bits per heavy atom. The van der Waals surface area contributed by atoms with E-state index in [9.17, 15) is 0 Å². The van der Waals surface area contributed by atoms with Gasteiger partial charge in [0.15, 0.2) is 0 Å². The summed E-state index contributed by atoms with van der Waals surface area (Å²) in [4.78, 5) is 0. The summed E-state index contributed by atoms with van der Waals surface area (Å²) in [6, 6.07) is 7.35. The van der Waals surface area contributed by atoms with Crippen LogP contribution in [0.5, 0.6) is 0 Å². The quantitative estimate of drug-likeness (QED) is 0.733. The average Bonchev–Trinajstić information content (AvgIpc) is 2.17. The maximum absolute atomic E-state index is 3.53. The number of nitrogens with one attached hydrogen (secondary N) is 2. The molecule has 0 saturated heterocycles. The highest BCUT2D eigenvalue weighted by atomic mass is 15.0. The summed E-state index contributed by atoms with van der Waals surface area (Å²) in [7, 11) is 2.01. The molecule has 2 rings (SSSR count). The van der Waals surface area contributed by atoms with Gasteiger partial charge in [0.25, 0.3) is 0 Å². The molecule has 1 aromatic rings.